The van der Waals surface area contributed by atoms with Crippen LogP contribution in [0.5, 0.6) is 0 Å². The summed E-state index contributed by atoms with van der Waals surface area (Å²) in [5.74, 6) is -0.559. The Kier molecular flexibility index (Phi) is 4.85. The maximum atomic E-state index is 14.5. The van der Waals surface area contributed by atoms with Crippen LogP contribution in [0.2, 0.25) is 0 Å². The van der Waals surface area contributed by atoms with Crippen molar-refractivity contribution in [1.82, 2.24) is 9.13 Å². The van der Waals surface area contributed by atoms with Gasteiger partial charge in [-0.2, -0.15) is 0 Å². The zero-order valence-electron chi connectivity index (χ0n) is 19.5. The smallest absolute Gasteiger partial charge is 0.123 e. The monoisotopic (exact) mass is 462 g/mol. The first kappa shape index (κ1) is 21.4. The molecule has 2 heterocycles. The number of rotatable bonds is 4. The fourth-order valence-electron chi connectivity index (χ4n) is 5.15. The number of fused-ring (bicyclic) bond motifs is 2. The topological polar surface area (TPSA) is 9.86 Å². The lowest BCUT2D eigenvalue weighted by atomic mass is 9.78. The molecule has 0 saturated heterocycles. The Labute approximate surface area is 202 Å². The van der Waals surface area contributed by atoms with Gasteiger partial charge in [0.1, 0.15) is 11.6 Å². The van der Waals surface area contributed by atoms with Crippen LogP contribution in [-0.4, -0.2) is 9.13 Å². The van der Waals surface area contributed by atoms with E-state index in [1.807, 2.05) is 72.8 Å². The molecular weight excluding hydrogens is 438 g/mol. The van der Waals surface area contributed by atoms with Crippen LogP contribution < -0.4 is 0 Å². The van der Waals surface area contributed by atoms with E-state index in [-0.39, 0.29) is 11.6 Å². The summed E-state index contributed by atoms with van der Waals surface area (Å²) in [5.41, 5.74) is 5.28. The van der Waals surface area contributed by atoms with Crippen molar-refractivity contribution in [2.24, 2.45) is 0 Å². The molecule has 0 bridgehead atoms. The molecule has 0 aliphatic carbocycles. The van der Waals surface area contributed by atoms with Gasteiger partial charge in [-0.1, -0.05) is 50.2 Å². The van der Waals surface area contributed by atoms with Crippen LogP contribution in [0, 0.1) is 11.6 Å². The van der Waals surface area contributed by atoms with E-state index in [1.165, 1.54) is 12.1 Å². The predicted molar refractivity (Wildman–Crippen MR) is 139 cm³/mol. The average Bonchev–Trinajstić information content (AvgIpc) is 3.44. The molecule has 0 amide bonds. The van der Waals surface area contributed by atoms with Crippen molar-refractivity contribution in [2.45, 2.75) is 19.3 Å². The SMILES string of the molecule is CC(C)(c1cn(-c2ccccc2)c2ccc(F)cc12)c1cn(-c2ccccc2)c2ccc(F)cc12. The summed E-state index contributed by atoms with van der Waals surface area (Å²) in [6, 6.07) is 29.9. The predicted octanol–water partition coefficient (Wildman–Crippen LogP) is 8.18. The number of aromatic nitrogens is 2. The van der Waals surface area contributed by atoms with Gasteiger partial charge in [0, 0.05) is 40.0 Å². The Hall–Kier alpha value is -4.18. The van der Waals surface area contributed by atoms with E-state index in [4.69, 9.17) is 0 Å². The number of benzene rings is 4. The van der Waals surface area contributed by atoms with E-state index in [1.54, 1.807) is 12.1 Å². The van der Waals surface area contributed by atoms with Gasteiger partial charge in [-0.25, -0.2) is 8.78 Å². The lowest BCUT2D eigenvalue weighted by Gasteiger charge is -2.24. The highest BCUT2D eigenvalue weighted by molar-refractivity contribution is 5.91. The molecule has 4 heteroatoms. The molecule has 2 aromatic heterocycles. The summed E-state index contributed by atoms with van der Waals surface area (Å²) in [5, 5.41) is 1.69. The number of nitrogens with zero attached hydrogens (tertiary/aromatic N) is 2. The van der Waals surface area contributed by atoms with E-state index in [2.05, 4.69) is 35.4 Å². The number of halogens is 2. The summed E-state index contributed by atoms with van der Waals surface area (Å²) in [6.45, 7) is 4.24. The third kappa shape index (κ3) is 3.45. The van der Waals surface area contributed by atoms with Gasteiger partial charge in [0.15, 0.2) is 0 Å². The van der Waals surface area contributed by atoms with Crippen LogP contribution in [0.15, 0.2) is 109 Å². The minimum atomic E-state index is -0.544. The van der Waals surface area contributed by atoms with Crippen LogP contribution in [0.1, 0.15) is 25.0 Å². The van der Waals surface area contributed by atoms with Gasteiger partial charge >= 0.3 is 0 Å². The minimum absolute atomic E-state index is 0.280. The number of hydrogen-bond acceptors (Lipinski definition) is 0. The third-order valence-electron chi connectivity index (χ3n) is 6.95. The molecular formula is C31H24F2N2. The standard InChI is InChI=1S/C31H24F2N2/c1-31(2,27-19-34(23-9-5-3-6-10-23)29-15-13-21(32)17-25(27)29)28-20-35(24-11-7-4-8-12-24)30-16-14-22(33)18-26(28)30/h3-20H,1-2H3. The number of hydrogen-bond donors (Lipinski definition) is 0. The number of para-hydroxylation sites is 2. The summed E-state index contributed by atoms with van der Waals surface area (Å²) >= 11 is 0. The highest BCUT2D eigenvalue weighted by atomic mass is 19.1. The molecule has 0 saturated carbocycles. The Morgan fingerprint density at radius 3 is 1.34 bits per heavy atom. The van der Waals surface area contributed by atoms with Crippen molar-refractivity contribution >= 4 is 21.8 Å². The van der Waals surface area contributed by atoms with Crippen molar-refractivity contribution in [3.63, 3.8) is 0 Å². The molecule has 0 spiro atoms. The molecule has 0 N–H and O–H groups in total. The maximum absolute atomic E-state index is 14.5. The fraction of sp³-hybridized carbons (Fsp3) is 0.0968. The second-order valence-electron chi connectivity index (χ2n) is 9.44. The van der Waals surface area contributed by atoms with E-state index < -0.39 is 5.41 Å². The summed E-state index contributed by atoms with van der Waals surface area (Å²) < 4.78 is 33.2. The van der Waals surface area contributed by atoms with Gasteiger partial charge < -0.3 is 9.13 Å². The van der Waals surface area contributed by atoms with Crippen molar-refractivity contribution in [2.75, 3.05) is 0 Å². The van der Waals surface area contributed by atoms with Crippen LogP contribution in [0.4, 0.5) is 8.78 Å². The van der Waals surface area contributed by atoms with Crippen LogP contribution >= 0.6 is 0 Å². The molecule has 4 aromatic carbocycles. The normalized spacial score (nSPS) is 12.0. The van der Waals surface area contributed by atoms with Gasteiger partial charge in [0.05, 0.1) is 11.0 Å². The molecule has 0 fully saturated rings. The van der Waals surface area contributed by atoms with Gasteiger partial charge in [-0.15, -0.1) is 0 Å². The molecule has 6 rings (SSSR count). The first-order valence-electron chi connectivity index (χ1n) is 11.7. The summed E-state index contributed by atoms with van der Waals surface area (Å²) in [7, 11) is 0. The molecule has 0 atom stereocenters. The summed E-state index contributed by atoms with van der Waals surface area (Å²) in [4.78, 5) is 0. The molecule has 0 aliphatic heterocycles. The molecule has 2 nitrogen and oxygen atoms in total. The lowest BCUT2D eigenvalue weighted by molar-refractivity contribution is 0.626. The Balaban J connectivity index is 1.64. The zero-order chi connectivity index (χ0) is 24.2. The lowest BCUT2D eigenvalue weighted by Crippen LogP contribution is -2.18. The van der Waals surface area contributed by atoms with Gasteiger partial charge in [-0.3, -0.25) is 0 Å². The van der Waals surface area contributed by atoms with E-state index in [9.17, 15) is 8.78 Å². The summed E-state index contributed by atoms with van der Waals surface area (Å²) in [6.07, 6.45) is 4.18. The highest BCUT2D eigenvalue weighted by Crippen LogP contribution is 2.42. The van der Waals surface area contributed by atoms with Crippen LogP contribution in [-0.2, 0) is 5.41 Å². The molecule has 35 heavy (non-hydrogen) atoms. The van der Waals surface area contributed by atoms with E-state index in [0.717, 1.165) is 44.3 Å². The van der Waals surface area contributed by atoms with Gasteiger partial charge in [0.2, 0.25) is 0 Å². The molecule has 0 radical (unpaired) electrons. The average molecular weight is 463 g/mol. The fourth-order valence-corrected chi connectivity index (χ4v) is 5.15. The molecule has 0 unspecified atom stereocenters. The van der Waals surface area contributed by atoms with E-state index >= 15 is 0 Å². The quantitative estimate of drug-likeness (QED) is 0.250. The first-order valence-corrected chi connectivity index (χ1v) is 11.7. The minimum Gasteiger partial charge on any atom is -0.316 e. The Morgan fingerprint density at radius 1 is 0.543 bits per heavy atom. The van der Waals surface area contributed by atoms with Crippen LogP contribution in [0.25, 0.3) is 33.2 Å². The van der Waals surface area contributed by atoms with Gasteiger partial charge in [-0.05, 0) is 71.8 Å². The Morgan fingerprint density at radius 2 is 0.943 bits per heavy atom. The third-order valence-corrected chi connectivity index (χ3v) is 6.95. The zero-order valence-corrected chi connectivity index (χ0v) is 19.5. The van der Waals surface area contributed by atoms with Crippen LogP contribution in [0.3, 0.4) is 0 Å². The second-order valence-corrected chi connectivity index (χ2v) is 9.44. The first-order chi connectivity index (χ1) is 16.9. The molecule has 0 aliphatic rings. The van der Waals surface area contributed by atoms with Crippen molar-refractivity contribution in [3.05, 3.63) is 132 Å². The van der Waals surface area contributed by atoms with Crippen molar-refractivity contribution < 1.29 is 8.78 Å². The molecule has 6 aromatic rings. The largest absolute Gasteiger partial charge is 0.316 e. The van der Waals surface area contributed by atoms with Gasteiger partial charge in [0.25, 0.3) is 0 Å². The molecule has 172 valence electrons. The van der Waals surface area contributed by atoms with Crippen molar-refractivity contribution in [1.29, 1.82) is 0 Å². The highest BCUT2D eigenvalue weighted by Gasteiger charge is 2.31. The maximum Gasteiger partial charge on any atom is 0.123 e. The Bertz CT molecular complexity index is 1550. The van der Waals surface area contributed by atoms with Crippen molar-refractivity contribution in [3.8, 4) is 11.4 Å². The van der Waals surface area contributed by atoms with E-state index in [0.29, 0.717) is 0 Å². The second kappa shape index (κ2) is 7.95.